The van der Waals surface area contributed by atoms with Gasteiger partial charge in [0.15, 0.2) is 0 Å². The van der Waals surface area contributed by atoms with Gasteiger partial charge in [-0.05, 0) is 42.7 Å². The van der Waals surface area contributed by atoms with Crippen molar-refractivity contribution in [1.82, 2.24) is 10.2 Å². The molecule has 0 aromatic heterocycles. The number of halogens is 1. The zero-order chi connectivity index (χ0) is 22.9. The van der Waals surface area contributed by atoms with Gasteiger partial charge in [0.25, 0.3) is 0 Å². The summed E-state index contributed by atoms with van der Waals surface area (Å²) in [5, 5.41) is 2.93. The molecule has 0 heterocycles. The first-order chi connectivity index (χ1) is 15.5. The summed E-state index contributed by atoms with van der Waals surface area (Å²) >= 11 is 3.51. The topological polar surface area (TPSA) is 49.4 Å². The molecule has 0 aliphatic heterocycles. The average Bonchev–Trinajstić information content (AvgIpc) is 2.77. The first kappa shape index (κ1) is 23.7. The fourth-order valence-electron chi connectivity index (χ4n) is 3.78. The first-order valence-corrected chi connectivity index (χ1v) is 11.7. The lowest BCUT2D eigenvalue weighted by Gasteiger charge is -2.31. The molecule has 3 rings (SSSR count). The number of nitrogens with one attached hydrogen (secondary N) is 1. The predicted octanol–water partition coefficient (Wildman–Crippen LogP) is 5.08. The van der Waals surface area contributed by atoms with Gasteiger partial charge in [0, 0.05) is 24.0 Å². The van der Waals surface area contributed by atoms with Crippen molar-refractivity contribution in [3.63, 3.8) is 0 Å². The lowest BCUT2D eigenvalue weighted by Crippen LogP contribution is -2.50. The van der Waals surface area contributed by atoms with E-state index in [0.29, 0.717) is 19.5 Å². The molecule has 166 valence electrons. The van der Waals surface area contributed by atoms with E-state index in [-0.39, 0.29) is 18.2 Å². The van der Waals surface area contributed by atoms with Crippen LogP contribution < -0.4 is 5.32 Å². The summed E-state index contributed by atoms with van der Waals surface area (Å²) in [6, 6.07) is 25.1. The fourth-order valence-corrected chi connectivity index (χ4v) is 4.22. The molecule has 0 fully saturated rings. The van der Waals surface area contributed by atoms with E-state index in [0.717, 1.165) is 26.7 Å². The molecule has 1 N–H and O–H groups in total. The van der Waals surface area contributed by atoms with Crippen LogP contribution in [0.25, 0.3) is 0 Å². The van der Waals surface area contributed by atoms with Gasteiger partial charge in [-0.1, -0.05) is 88.2 Å². The summed E-state index contributed by atoms with van der Waals surface area (Å²) in [4.78, 5) is 28.5. The summed E-state index contributed by atoms with van der Waals surface area (Å²) in [7, 11) is 0. The Bertz CT molecular complexity index is 1050. The average molecular weight is 493 g/mol. The molecule has 0 spiro atoms. The molecule has 3 aromatic carbocycles. The van der Waals surface area contributed by atoms with Crippen LogP contribution in [0.5, 0.6) is 0 Å². The van der Waals surface area contributed by atoms with Crippen LogP contribution >= 0.6 is 15.9 Å². The van der Waals surface area contributed by atoms with Crippen molar-refractivity contribution in [2.45, 2.75) is 39.3 Å². The highest BCUT2D eigenvalue weighted by Gasteiger charge is 2.30. The number of hydrogen-bond acceptors (Lipinski definition) is 2. The number of carbonyl (C=O) groups is 2. The van der Waals surface area contributed by atoms with Crippen molar-refractivity contribution in [1.29, 1.82) is 0 Å². The van der Waals surface area contributed by atoms with Gasteiger partial charge < -0.3 is 10.2 Å². The van der Waals surface area contributed by atoms with Crippen LogP contribution in [-0.2, 0) is 29.0 Å². The minimum atomic E-state index is -0.603. The lowest BCUT2D eigenvalue weighted by molar-refractivity contribution is -0.140. The number of aryl methyl sites for hydroxylation is 1. The molecule has 3 aromatic rings. The molecule has 0 bridgehead atoms. The highest BCUT2D eigenvalue weighted by Crippen LogP contribution is 2.19. The van der Waals surface area contributed by atoms with Gasteiger partial charge in [0.05, 0.1) is 6.42 Å². The van der Waals surface area contributed by atoms with E-state index in [1.807, 2.05) is 92.7 Å². The summed E-state index contributed by atoms with van der Waals surface area (Å²) in [5.74, 6) is -0.202. The molecule has 1 atom stereocenters. The highest BCUT2D eigenvalue weighted by molar-refractivity contribution is 9.10. The lowest BCUT2D eigenvalue weighted by atomic mass is 10.0. The minimum Gasteiger partial charge on any atom is -0.355 e. The fraction of sp³-hybridized carbons (Fsp3) is 0.259. The van der Waals surface area contributed by atoms with Gasteiger partial charge in [-0.15, -0.1) is 0 Å². The zero-order valence-corrected chi connectivity index (χ0v) is 20.1. The Morgan fingerprint density at radius 2 is 1.59 bits per heavy atom. The number of nitrogens with zero attached hydrogens (tertiary/aromatic N) is 1. The molecule has 0 aliphatic rings. The number of amides is 2. The Morgan fingerprint density at radius 3 is 2.28 bits per heavy atom. The third-order valence-corrected chi connectivity index (χ3v) is 5.80. The Balaban J connectivity index is 1.95. The number of rotatable bonds is 9. The monoisotopic (exact) mass is 492 g/mol. The summed E-state index contributed by atoms with van der Waals surface area (Å²) in [6.45, 7) is 4.78. The molecule has 2 amide bonds. The Hall–Kier alpha value is -2.92. The maximum absolute atomic E-state index is 13.6. The van der Waals surface area contributed by atoms with Crippen LogP contribution in [0, 0.1) is 6.92 Å². The van der Waals surface area contributed by atoms with Crippen molar-refractivity contribution in [2.24, 2.45) is 0 Å². The molecule has 1 unspecified atom stereocenters. The minimum absolute atomic E-state index is 0.0669. The SMILES string of the molecule is CCNC(=O)C(Cc1ccccc1)N(Cc1cccc(Br)c1)C(=O)Cc1cccc(C)c1. The van der Waals surface area contributed by atoms with Crippen molar-refractivity contribution in [2.75, 3.05) is 6.54 Å². The smallest absolute Gasteiger partial charge is 0.243 e. The second-order valence-corrected chi connectivity index (χ2v) is 8.83. The number of hydrogen-bond donors (Lipinski definition) is 1. The summed E-state index contributed by atoms with van der Waals surface area (Å²) < 4.78 is 0.943. The summed E-state index contributed by atoms with van der Waals surface area (Å²) in [6.07, 6.45) is 0.709. The second-order valence-electron chi connectivity index (χ2n) is 7.92. The first-order valence-electron chi connectivity index (χ1n) is 10.9. The van der Waals surface area contributed by atoms with Crippen LogP contribution in [0.1, 0.15) is 29.2 Å². The quantitative estimate of drug-likeness (QED) is 0.452. The van der Waals surface area contributed by atoms with Crippen molar-refractivity contribution >= 4 is 27.7 Å². The van der Waals surface area contributed by atoms with E-state index in [2.05, 4.69) is 21.2 Å². The van der Waals surface area contributed by atoms with Crippen molar-refractivity contribution < 1.29 is 9.59 Å². The number of likely N-dealkylation sites (N-methyl/N-ethyl adjacent to an activating group) is 1. The van der Waals surface area contributed by atoms with Crippen molar-refractivity contribution in [3.8, 4) is 0 Å². The maximum atomic E-state index is 13.6. The van der Waals surface area contributed by atoms with Crippen LogP contribution in [0.4, 0.5) is 0 Å². The van der Waals surface area contributed by atoms with Gasteiger partial charge in [0.2, 0.25) is 11.8 Å². The van der Waals surface area contributed by atoms with E-state index >= 15 is 0 Å². The standard InChI is InChI=1S/C27H29BrN2O2/c1-3-29-27(32)25(17-21-10-5-4-6-11-21)30(19-23-13-8-14-24(28)16-23)26(31)18-22-12-7-9-20(2)15-22/h4-16,25H,3,17-19H2,1-2H3,(H,29,32). The van der Waals surface area contributed by atoms with E-state index in [1.54, 1.807) is 4.90 Å². The maximum Gasteiger partial charge on any atom is 0.243 e. The molecule has 0 saturated heterocycles. The van der Waals surface area contributed by atoms with E-state index in [1.165, 1.54) is 0 Å². The van der Waals surface area contributed by atoms with Gasteiger partial charge in [-0.2, -0.15) is 0 Å². The predicted molar refractivity (Wildman–Crippen MR) is 132 cm³/mol. The van der Waals surface area contributed by atoms with E-state index in [4.69, 9.17) is 0 Å². The number of carbonyl (C=O) groups excluding carboxylic acids is 2. The molecule has 0 aliphatic carbocycles. The molecular weight excluding hydrogens is 464 g/mol. The molecule has 0 radical (unpaired) electrons. The molecule has 0 saturated carbocycles. The Labute approximate surface area is 198 Å². The Morgan fingerprint density at radius 1 is 0.906 bits per heavy atom. The van der Waals surface area contributed by atoms with Crippen molar-refractivity contribution in [3.05, 3.63) is 106 Å². The molecule has 5 heteroatoms. The third kappa shape index (κ3) is 6.79. The largest absolute Gasteiger partial charge is 0.355 e. The molecular formula is C27H29BrN2O2. The number of benzene rings is 3. The van der Waals surface area contributed by atoms with Gasteiger partial charge in [0.1, 0.15) is 6.04 Å². The zero-order valence-electron chi connectivity index (χ0n) is 18.6. The van der Waals surface area contributed by atoms with Gasteiger partial charge >= 0.3 is 0 Å². The van der Waals surface area contributed by atoms with E-state index in [9.17, 15) is 9.59 Å². The Kier molecular flexibility index (Phi) is 8.63. The van der Waals surface area contributed by atoms with E-state index < -0.39 is 6.04 Å². The van der Waals surface area contributed by atoms with Crippen LogP contribution in [0.15, 0.2) is 83.3 Å². The highest BCUT2D eigenvalue weighted by atomic mass is 79.9. The van der Waals surface area contributed by atoms with Gasteiger partial charge in [-0.3, -0.25) is 9.59 Å². The molecule has 4 nitrogen and oxygen atoms in total. The second kappa shape index (κ2) is 11.6. The molecule has 32 heavy (non-hydrogen) atoms. The normalized spacial score (nSPS) is 11.6. The van der Waals surface area contributed by atoms with Crippen LogP contribution in [-0.4, -0.2) is 29.3 Å². The van der Waals surface area contributed by atoms with Crippen LogP contribution in [0.2, 0.25) is 0 Å². The third-order valence-electron chi connectivity index (χ3n) is 5.30. The van der Waals surface area contributed by atoms with Gasteiger partial charge in [-0.25, -0.2) is 0 Å². The van der Waals surface area contributed by atoms with Crippen LogP contribution in [0.3, 0.4) is 0 Å². The summed E-state index contributed by atoms with van der Waals surface area (Å²) in [5.41, 5.74) is 4.05.